The number of carbonyl (C=O) groups is 2. The third-order valence-corrected chi connectivity index (χ3v) is 5.83. The SMILES string of the molecule is CCn1c(C)nc2cc(C(=O)NNC(=O)CCc3nc4ccccc4s3)ccc21. The van der Waals surface area contributed by atoms with Crippen molar-refractivity contribution in [2.75, 3.05) is 0 Å². The number of nitrogens with zero attached hydrogens (tertiary/aromatic N) is 3. The molecule has 4 aromatic rings. The van der Waals surface area contributed by atoms with Crippen molar-refractivity contribution in [1.29, 1.82) is 0 Å². The fourth-order valence-electron chi connectivity index (χ4n) is 3.30. The third-order valence-electron chi connectivity index (χ3n) is 4.74. The minimum atomic E-state index is -0.371. The molecule has 0 spiro atoms. The topological polar surface area (TPSA) is 88.9 Å². The standard InChI is InChI=1S/C21H21N5O2S/c1-3-26-13(2)22-16-12-14(8-9-17(16)26)21(28)25-24-19(27)10-11-20-23-15-6-4-5-7-18(15)29-20/h4-9,12H,3,10-11H2,1-2H3,(H,24,27)(H,25,28). The van der Waals surface area contributed by atoms with E-state index in [4.69, 9.17) is 0 Å². The first-order chi connectivity index (χ1) is 14.0. The molecule has 0 aliphatic heterocycles. The number of aromatic nitrogens is 3. The van der Waals surface area contributed by atoms with Crippen LogP contribution in [0.15, 0.2) is 42.5 Å². The quantitative estimate of drug-likeness (QED) is 0.497. The average molecular weight is 407 g/mol. The van der Waals surface area contributed by atoms with E-state index in [2.05, 4.69) is 32.3 Å². The third kappa shape index (κ3) is 3.97. The summed E-state index contributed by atoms with van der Waals surface area (Å²) in [6, 6.07) is 13.2. The maximum absolute atomic E-state index is 12.4. The van der Waals surface area contributed by atoms with Crippen LogP contribution in [0.2, 0.25) is 0 Å². The first-order valence-electron chi connectivity index (χ1n) is 9.45. The largest absolute Gasteiger partial charge is 0.329 e. The number of aryl methyl sites for hydroxylation is 3. The number of benzene rings is 2. The first kappa shape index (κ1) is 19.1. The van der Waals surface area contributed by atoms with Crippen LogP contribution in [0, 0.1) is 6.92 Å². The Morgan fingerprint density at radius 3 is 2.69 bits per heavy atom. The van der Waals surface area contributed by atoms with Crippen LogP contribution in [0.4, 0.5) is 0 Å². The summed E-state index contributed by atoms with van der Waals surface area (Å²) < 4.78 is 3.19. The highest BCUT2D eigenvalue weighted by atomic mass is 32.1. The van der Waals surface area contributed by atoms with Gasteiger partial charge in [-0.3, -0.25) is 20.4 Å². The van der Waals surface area contributed by atoms with Crippen LogP contribution in [-0.4, -0.2) is 26.3 Å². The highest BCUT2D eigenvalue weighted by Crippen LogP contribution is 2.22. The monoisotopic (exact) mass is 407 g/mol. The summed E-state index contributed by atoms with van der Waals surface area (Å²) in [6.45, 7) is 4.81. The molecule has 2 amide bonds. The Morgan fingerprint density at radius 2 is 1.90 bits per heavy atom. The summed E-state index contributed by atoms with van der Waals surface area (Å²) >= 11 is 1.58. The van der Waals surface area contributed by atoms with Crippen molar-refractivity contribution in [3.63, 3.8) is 0 Å². The molecule has 0 atom stereocenters. The van der Waals surface area contributed by atoms with E-state index in [-0.39, 0.29) is 18.2 Å². The molecule has 0 radical (unpaired) electrons. The lowest BCUT2D eigenvalue weighted by Crippen LogP contribution is -2.41. The molecule has 4 rings (SSSR count). The van der Waals surface area contributed by atoms with Crippen molar-refractivity contribution in [3.05, 3.63) is 58.9 Å². The van der Waals surface area contributed by atoms with E-state index >= 15 is 0 Å². The summed E-state index contributed by atoms with van der Waals surface area (Å²) in [7, 11) is 0. The van der Waals surface area contributed by atoms with Crippen LogP contribution in [-0.2, 0) is 17.8 Å². The molecule has 2 aromatic heterocycles. The number of amides is 2. The summed E-state index contributed by atoms with van der Waals surface area (Å²) in [4.78, 5) is 33.5. The van der Waals surface area contributed by atoms with Gasteiger partial charge >= 0.3 is 0 Å². The smallest absolute Gasteiger partial charge is 0.269 e. The van der Waals surface area contributed by atoms with Crippen LogP contribution in [0.25, 0.3) is 21.3 Å². The van der Waals surface area contributed by atoms with Crippen molar-refractivity contribution in [2.45, 2.75) is 33.2 Å². The van der Waals surface area contributed by atoms with Crippen molar-refractivity contribution in [3.8, 4) is 0 Å². The van der Waals surface area contributed by atoms with Gasteiger partial charge in [-0.05, 0) is 44.2 Å². The van der Waals surface area contributed by atoms with Gasteiger partial charge in [-0.15, -0.1) is 11.3 Å². The lowest BCUT2D eigenvalue weighted by Gasteiger charge is -2.07. The molecular weight excluding hydrogens is 386 g/mol. The van der Waals surface area contributed by atoms with Crippen molar-refractivity contribution in [2.24, 2.45) is 0 Å². The summed E-state index contributed by atoms with van der Waals surface area (Å²) in [5.74, 6) is 0.275. The maximum Gasteiger partial charge on any atom is 0.269 e. The normalized spacial score (nSPS) is 11.1. The molecule has 2 aromatic carbocycles. The predicted octanol–water partition coefficient (Wildman–Crippen LogP) is 3.37. The number of imidazole rings is 1. The van der Waals surface area contributed by atoms with E-state index in [1.54, 1.807) is 23.5 Å². The van der Waals surface area contributed by atoms with Crippen molar-refractivity contribution in [1.82, 2.24) is 25.4 Å². The molecule has 0 saturated heterocycles. The van der Waals surface area contributed by atoms with Crippen LogP contribution in [0.3, 0.4) is 0 Å². The lowest BCUT2D eigenvalue weighted by molar-refractivity contribution is -0.121. The van der Waals surface area contributed by atoms with Gasteiger partial charge in [0, 0.05) is 24.9 Å². The lowest BCUT2D eigenvalue weighted by atomic mass is 10.2. The van der Waals surface area contributed by atoms with Crippen LogP contribution >= 0.6 is 11.3 Å². The molecular formula is C21H21N5O2S. The average Bonchev–Trinajstić information content (AvgIpc) is 3.28. The van der Waals surface area contributed by atoms with Gasteiger partial charge in [-0.1, -0.05) is 12.1 Å². The molecule has 0 fully saturated rings. The minimum Gasteiger partial charge on any atom is -0.329 e. The first-order valence-corrected chi connectivity index (χ1v) is 10.3. The number of hydrogen-bond donors (Lipinski definition) is 2. The number of para-hydroxylation sites is 1. The van der Waals surface area contributed by atoms with Gasteiger partial charge in [0.15, 0.2) is 0 Å². The van der Waals surface area contributed by atoms with Crippen LogP contribution in [0.1, 0.15) is 34.5 Å². The number of hydrazine groups is 1. The van der Waals surface area contributed by atoms with Gasteiger partial charge in [-0.2, -0.15) is 0 Å². The molecule has 7 nitrogen and oxygen atoms in total. The molecule has 148 valence electrons. The summed E-state index contributed by atoms with van der Waals surface area (Å²) in [5, 5.41) is 0.903. The molecule has 2 N–H and O–H groups in total. The molecule has 2 heterocycles. The molecule has 0 aliphatic carbocycles. The van der Waals surface area contributed by atoms with Gasteiger partial charge in [0.1, 0.15) is 5.82 Å². The fraction of sp³-hybridized carbons (Fsp3) is 0.238. The Labute approximate surface area is 171 Å². The number of nitrogens with one attached hydrogen (secondary N) is 2. The Morgan fingerprint density at radius 1 is 1.07 bits per heavy atom. The second-order valence-electron chi connectivity index (χ2n) is 6.68. The highest BCUT2D eigenvalue weighted by Gasteiger charge is 2.12. The second kappa shape index (κ2) is 8.00. The van der Waals surface area contributed by atoms with Gasteiger partial charge < -0.3 is 4.57 Å². The highest BCUT2D eigenvalue weighted by molar-refractivity contribution is 7.18. The zero-order valence-electron chi connectivity index (χ0n) is 16.2. The van der Waals surface area contributed by atoms with Gasteiger partial charge in [0.05, 0.1) is 26.3 Å². The Balaban J connectivity index is 1.33. The van der Waals surface area contributed by atoms with E-state index in [1.807, 2.05) is 37.3 Å². The van der Waals surface area contributed by atoms with Crippen LogP contribution in [0.5, 0.6) is 0 Å². The molecule has 0 aliphatic rings. The molecule has 0 bridgehead atoms. The number of hydrogen-bond acceptors (Lipinski definition) is 5. The Kier molecular flexibility index (Phi) is 5.26. The van der Waals surface area contributed by atoms with Crippen molar-refractivity contribution >= 4 is 44.4 Å². The van der Waals surface area contributed by atoms with Gasteiger partial charge in [0.2, 0.25) is 5.91 Å². The fourth-order valence-corrected chi connectivity index (χ4v) is 4.27. The number of rotatable bonds is 5. The molecule has 8 heteroatoms. The van der Waals surface area contributed by atoms with E-state index < -0.39 is 0 Å². The van der Waals surface area contributed by atoms with E-state index in [0.29, 0.717) is 12.0 Å². The Bertz CT molecular complexity index is 1180. The number of fused-ring (bicyclic) bond motifs is 2. The van der Waals surface area contributed by atoms with E-state index in [1.165, 1.54) is 0 Å². The zero-order chi connectivity index (χ0) is 20.4. The molecule has 0 unspecified atom stereocenters. The van der Waals surface area contributed by atoms with Gasteiger partial charge in [0.25, 0.3) is 5.91 Å². The van der Waals surface area contributed by atoms with E-state index in [9.17, 15) is 9.59 Å². The Hall–Kier alpha value is -3.26. The second-order valence-corrected chi connectivity index (χ2v) is 7.80. The predicted molar refractivity (Wildman–Crippen MR) is 114 cm³/mol. The number of thiazole rings is 1. The van der Waals surface area contributed by atoms with E-state index in [0.717, 1.165) is 38.6 Å². The molecule has 0 saturated carbocycles. The summed E-state index contributed by atoms with van der Waals surface area (Å²) in [5.41, 5.74) is 8.09. The van der Waals surface area contributed by atoms with Gasteiger partial charge in [-0.25, -0.2) is 9.97 Å². The summed E-state index contributed by atoms with van der Waals surface area (Å²) in [6.07, 6.45) is 0.778. The zero-order valence-corrected chi connectivity index (χ0v) is 17.0. The molecule has 29 heavy (non-hydrogen) atoms. The van der Waals surface area contributed by atoms with Crippen LogP contribution < -0.4 is 10.9 Å². The number of carbonyl (C=O) groups excluding carboxylic acids is 2. The van der Waals surface area contributed by atoms with Crippen molar-refractivity contribution < 1.29 is 9.59 Å². The maximum atomic E-state index is 12.4. The minimum absolute atomic E-state index is 0.249.